The third-order valence-corrected chi connectivity index (χ3v) is 2.93. The number of nitrogens with one attached hydrogen (secondary N) is 2. The Morgan fingerprint density at radius 3 is 2.55 bits per heavy atom. The first-order valence-corrected chi connectivity index (χ1v) is 7.17. The minimum Gasteiger partial charge on any atom is -0.465 e. The van der Waals surface area contributed by atoms with Crippen LogP contribution in [-0.2, 0) is 14.3 Å². The lowest BCUT2D eigenvalue weighted by Crippen LogP contribution is -2.29. The summed E-state index contributed by atoms with van der Waals surface area (Å²) in [4.78, 5) is 34.8. The molecule has 0 radical (unpaired) electrons. The van der Waals surface area contributed by atoms with Crippen LogP contribution in [0.4, 0.5) is 5.69 Å². The third kappa shape index (κ3) is 6.39. The van der Waals surface area contributed by atoms with Crippen molar-refractivity contribution in [2.45, 2.75) is 26.7 Å². The number of hydrogen-bond acceptors (Lipinski definition) is 4. The first kappa shape index (κ1) is 17.7. The van der Waals surface area contributed by atoms with E-state index in [0.717, 1.165) is 6.42 Å². The molecule has 0 saturated carbocycles. The SMILES string of the molecule is COC(=O)c1cccc(NC(=O)CC(=O)NCCC(C)C)c1. The average Bonchev–Trinajstić information content (AvgIpc) is 2.46. The van der Waals surface area contributed by atoms with Gasteiger partial charge in [0.2, 0.25) is 11.8 Å². The Labute approximate surface area is 130 Å². The summed E-state index contributed by atoms with van der Waals surface area (Å²) in [5, 5.41) is 5.28. The van der Waals surface area contributed by atoms with E-state index in [2.05, 4.69) is 29.2 Å². The Balaban J connectivity index is 2.48. The molecule has 1 rings (SSSR count). The summed E-state index contributed by atoms with van der Waals surface area (Å²) in [6.45, 7) is 4.68. The lowest BCUT2D eigenvalue weighted by molar-refractivity contribution is -0.126. The number of carbonyl (C=O) groups excluding carboxylic acids is 3. The number of benzene rings is 1. The molecule has 2 amide bonds. The molecule has 0 aliphatic carbocycles. The molecular weight excluding hydrogens is 284 g/mol. The molecule has 0 aromatic heterocycles. The van der Waals surface area contributed by atoms with Crippen LogP contribution in [0, 0.1) is 5.92 Å². The van der Waals surface area contributed by atoms with E-state index in [0.29, 0.717) is 23.7 Å². The smallest absolute Gasteiger partial charge is 0.337 e. The largest absolute Gasteiger partial charge is 0.465 e. The summed E-state index contributed by atoms with van der Waals surface area (Å²) < 4.78 is 4.61. The molecule has 0 bridgehead atoms. The zero-order valence-corrected chi connectivity index (χ0v) is 13.1. The van der Waals surface area contributed by atoms with Gasteiger partial charge in [-0.25, -0.2) is 4.79 Å². The van der Waals surface area contributed by atoms with Crippen LogP contribution in [0.15, 0.2) is 24.3 Å². The van der Waals surface area contributed by atoms with E-state index in [1.165, 1.54) is 13.2 Å². The van der Waals surface area contributed by atoms with Crippen LogP contribution in [0.2, 0.25) is 0 Å². The number of methoxy groups -OCH3 is 1. The Morgan fingerprint density at radius 1 is 1.18 bits per heavy atom. The highest BCUT2D eigenvalue weighted by molar-refractivity contribution is 6.04. The average molecular weight is 306 g/mol. The molecule has 1 aromatic carbocycles. The summed E-state index contributed by atoms with van der Waals surface area (Å²) >= 11 is 0. The molecule has 2 N–H and O–H groups in total. The number of ether oxygens (including phenoxy) is 1. The fourth-order valence-corrected chi connectivity index (χ4v) is 1.76. The van der Waals surface area contributed by atoms with E-state index in [-0.39, 0.29) is 12.3 Å². The Bertz CT molecular complexity index is 541. The van der Waals surface area contributed by atoms with Crippen LogP contribution in [0.3, 0.4) is 0 Å². The molecular formula is C16H22N2O4. The van der Waals surface area contributed by atoms with Crippen molar-refractivity contribution in [3.63, 3.8) is 0 Å². The van der Waals surface area contributed by atoms with Crippen molar-refractivity contribution in [1.82, 2.24) is 5.32 Å². The monoisotopic (exact) mass is 306 g/mol. The van der Waals surface area contributed by atoms with Gasteiger partial charge >= 0.3 is 5.97 Å². The normalized spacial score (nSPS) is 10.2. The van der Waals surface area contributed by atoms with E-state index in [1.54, 1.807) is 18.2 Å². The van der Waals surface area contributed by atoms with E-state index in [9.17, 15) is 14.4 Å². The summed E-state index contributed by atoms with van der Waals surface area (Å²) in [7, 11) is 1.29. The second kappa shape index (κ2) is 8.81. The van der Waals surface area contributed by atoms with Crippen LogP contribution >= 0.6 is 0 Å². The van der Waals surface area contributed by atoms with Gasteiger partial charge in [0.15, 0.2) is 0 Å². The van der Waals surface area contributed by atoms with E-state index >= 15 is 0 Å². The number of esters is 1. The molecule has 0 spiro atoms. The number of hydrogen-bond donors (Lipinski definition) is 2. The van der Waals surface area contributed by atoms with Gasteiger partial charge in [0.25, 0.3) is 0 Å². The molecule has 0 unspecified atom stereocenters. The van der Waals surface area contributed by atoms with Gasteiger partial charge in [-0.2, -0.15) is 0 Å². The highest BCUT2D eigenvalue weighted by atomic mass is 16.5. The minimum atomic E-state index is -0.484. The van der Waals surface area contributed by atoms with Gasteiger partial charge in [0.1, 0.15) is 6.42 Å². The second-order valence-corrected chi connectivity index (χ2v) is 5.33. The quantitative estimate of drug-likeness (QED) is 0.596. The highest BCUT2D eigenvalue weighted by Crippen LogP contribution is 2.11. The van der Waals surface area contributed by atoms with Gasteiger partial charge in [0.05, 0.1) is 12.7 Å². The third-order valence-electron chi connectivity index (χ3n) is 2.93. The first-order chi connectivity index (χ1) is 10.4. The summed E-state index contributed by atoms with van der Waals surface area (Å²) in [6.07, 6.45) is 0.620. The van der Waals surface area contributed by atoms with Gasteiger partial charge in [0, 0.05) is 12.2 Å². The van der Waals surface area contributed by atoms with Crippen LogP contribution in [0.25, 0.3) is 0 Å². The van der Waals surface area contributed by atoms with Gasteiger partial charge in [-0.15, -0.1) is 0 Å². The van der Waals surface area contributed by atoms with Crippen molar-refractivity contribution in [3.05, 3.63) is 29.8 Å². The number of anilines is 1. The Hall–Kier alpha value is -2.37. The molecule has 0 fully saturated rings. The van der Waals surface area contributed by atoms with Crippen LogP contribution in [0.5, 0.6) is 0 Å². The van der Waals surface area contributed by atoms with Crippen molar-refractivity contribution in [3.8, 4) is 0 Å². The molecule has 120 valence electrons. The topological polar surface area (TPSA) is 84.5 Å². The molecule has 1 aromatic rings. The van der Waals surface area contributed by atoms with Crippen molar-refractivity contribution < 1.29 is 19.1 Å². The Morgan fingerprint density at radius 2 is 1.91 bits per heavy atom. The number of carbonyl (C=O) groups is 3. The van der Waals surface area contributed by atoms with Gasteiger partial charge in [-0.3, -0.25) is 9.59 Å². The van der Waals surface area contributed by atoms with Crippen molar-refractivity contribution in [2.75, 3.05) is 19.0 Å². The van der Waals surface area contributed by atoms with E-state index in [1.807, 2.05) is 0 Å². The zero-order valence-electron chi connectivity index (χ0n) is 13.1. The van der Waals surface area contributed by atoms with Crippen molar-refractivity contribution >= 4 is 23.5 Å². The zero-order chi connectivity index (χ0) is 16.5. The number of amides is 2. The van der Waals surface area contributed by atoms with Crippen LogP contribution in [-0.4, -0.2) is 31.4 Å². The van der Waals surface area contributed by atoms with Gasteiger partial charge in [-0.1, -0.05) is 19.9 Å². The number of rotatable bonds is 7. The first-order valence-electron chi connectivity index (χ1n) is 7.17. The van der Waals surface area contributed by atoms with Crippen LogP contribution in [0.1, 0.15) is 37.0 Å². The fraction of sp³-hybridized carbons (Fsp3) is 0.438. The molecule has 0 aliphatic rings. The van der Waals surface area contributed by atoms with Crippen molar-refractivity contribution in [1.29, 1.82) is 0 Å². The summed E-state index contributed by atoms with van der Waals surface area (Å²) in [6, 6.07) is 6.35. The standard InChI is InChI=1S/C16H22N2O4/c1-11(2)7-8-17-14(19)10-15(20)18-13-6-4-5-12(9-13)16(21)22-3/h4-6,9,11H,7-8,10H2,1-3H3,(H,17,19)(H,18,20). The van der Waals surface area contributed by atoms with E-state index in [4.69, 9.17) is 0 Å². The summed E-state index contributed by atoms with van der Waals surface area (Å²) in [5.74, 6) is -0.732. The molecule has 22 heavy (non-hydrogen) atoms. The van der Waals surface area contributed by atoms with Crippen LogP contribution < -0.4 is 10.6 Å². The lowest BCUT2D eigenvalue weighted by atomic mass is 10.1. The summed E-state index contributed by atoms with van der Waals surface area (Å²) in [5.41, 5.74) is 0.782. The minimum absolute atomic E-state index is 0.249. The second-order valence-electron chi connectivity index (χ2n) is 5.33. The van der Waals surface area contributed by atoms with E-state index < -0.39 is 11.9 Å². The van der Waals surface area contributed by atoms with Gasteiger partial charge in [-0.05, 0) is 30.5 Å². The fourth-order valence-electron chi connectivity index (χ4n) is 1.76. The molecule has 0 heterocycles. The molecule has 6 heteroatoms. The van der Waals surface area contributed by atoms with Gasteiger partial charge < -0.3 is 15.4 Å². The molecule has 0 aliphatic heterocycles. The maximum absolute atomic E-state index is 11.8. The molecule has 0 saturated heterocycles. The predicted octanol–water partition coefficient (Wildman–Crippen LogP) is 1.96. The van der Waals surface area contributed by atoms with Crippen molar-refractivity contribution in [2.24, 2.45) is 5.92 Å². The Kier molecular flexibility index (Phi) is 7.08. The maximum atomic E-state index is 11.8. The maximum Gasteiger partial charge on any atom is 0.337 e. The predicted molar refractivity (Wildman–Crippen MR) is 83.5 cm³/mol. The highest BCUT2D eigenvalue weighted by Gasteiger charge is 2.11. The lowest BCUT2D eigenvalue weighted by Gasteiger charge is -2.08. The molecule has 6 nitrogen and oxygen atoms in total. The molecule has 0 atom stereocenters.